The SMILES string of the molecule is C=C(F)C(F)C(C)NC(=O)c1ccc(C2=CCNCC2)c(F)c1. The Morgan fingerprint density at radius 2 is 2.17 bits per heavy atom. The molecule has 0 bridgehead atoms. The Kier molecular flexibility index (Phi) is 5.60. The normalized spacial score (nSPS) is 17.1. The Morgan fingerprint density at radius 3 is 2.74 bits per heavy atom. The van der Waals surface area contributed by atoms with Crippen LogP contribution in [0.2, 0.25) is 0 Å². The van der Waals surface area contributed by atoms with Crippen LogP contribution in [0.15, 0.2) is 36.7 Å². The number of carbonyl (C=O) groups excluding carboxylic acids is 1. The molecular weight excluding hydrogens is 305 g/mol. The molecule has 2 unspecified atom stereocenters. The summed E-state index contributed by atoms with van der Waals surface area (Å²) in [5.74, 6) is -2.33. The molecule has 2 rings (SSSR count). The van der Waals surface area contributed by atoms with Gasteiger partial charge in [0.15, 0.2) is 6.17 Å². The summed E-state index contributed by atoms with van der Waals surface area (Å²) in [6.45, 7) is 5.64. The molecule has 23 heavy (non-hydrogen) atoms. The Hall–Kier alpha value is -2.08. The smallest absolute Gasteiger partial charge is 0.251 e. The first-order chi connectivity index (χ1) is 10.9. The van der Waals surface area contributed by atoms with Gasteiger partial charge in [-0.15, -0.1) is 0 Å². The summed E-state index contributed by atoms with van der Waals surface area (Å²) in [6.07, 6.45) is 0.620. The summed E-state index contributed by atoms with van der Waals surface area (Å²) in [7, 11) is 0. The maximum absolute atomic E-state index is 14.2. The van der Waals surface area contributed by atoms with Crippen molar-refractivity contribution in [3.63, 3.8) is 0 Å². The van der Waals surface area contributed by atoms with Gasteiger partial charge in [-0.2, -0.15) is 0 Å². The molecule has 0 saturated carbocycles. The molecule has 1 aliphatic heterocycles. The molecular formula is C17H19F3N2O. The van der Waals surface area contributed by atoms with Crippen molar-refractivity contribution in [2.75, 3.05) is 13.1 Å². The molecule has 2 N–H and O–H groups in total. The molecule has 1 aliphatic rings. The third-order valence-electron chi connectivity index (χ3n) is 3.74. The largest absolute Gasteiger partial charge is 0.346 e. The van der Waals surface area contributed by atoms with E-state index in [1.807, 2.05) is 6.08 Å². The summed E-state index contributed by atoms with van der Waals surface area (Å²) in [5.41, 5.74) is 1.40. The molecule has 3 nitrogen and oxygen atoms in total. The van der Waals surface area contributed by atoms with Crippen LogP contribution in [0.1, 0.15) is 29.3 Å². The number of carbonyl (C=O) groups is 1. The van der Waals surface area contributed by atoms with Gasteiger partial charge >= 0.3 is 0 Å². The van der Waals surface area contributed by atoms with E-state index in [0.717, 1.165) is 18.2 Å². The Labute approximate surface area is 133 Å². The van der Waals surface area contributed by atoms with Gasteiger partial charge in [-0.25, -0.2) is 13.2 Å². The number of benzene rings is 1. The van der Waals surface area contributed by atoms with Crippen molar-refractivity contribution >= 4 is 11.5 Å². The highest BCUT2D eigenvalue weighted by molar-refractivity contribution is 5.94. The van der Waals surface area contributed by atoms with Crippen LogP contribution in [0.25, 0.3) is 5.57 Å². The number of alkyl halides is 1. The fourth-order valence-electron chi connectivity index (χ4n) is 2.42. The van der Waals surface area contributed by atoms with Gasteiger partial charge in [0.05, 0.1) is 6.04 Å². The molecule has 0 fully saturated rings. The van der Waals surface area contributed by atoms with Gasteiger partial charge in [0.1, 0.15) is 11.6 Å². The summed E-state index contributed by atoms with van der Waals surface area (Å²) in [4.78, 5) is 12.0. The highest BCUT2D eigenvalue weighted by atomic mass is 19.2. The number of amides is 1. The second kappa shape index (κ2) is 7.46. The first-order valence-corrected chi connectivity index (χ1v) is 7.39. The fraction of sp³-hybridized carbons (Fsp3) is 0.353. The lowest BCUT2D eigenvalue weighted by molar-refractivity contribution is 0.0918. The summed E-state index contributed by atoms with van der Waals surface area (Å²) in [5, 5.41) is 5.44. The van der Waals surface area contributed by atoms with Gasteiger partial charge in [0, 0.05) is 17.7 Å². The molecule has 0 aromatic heterocycles. The average molecular weight is 324 g/mol. The van der Waals surface area contributed by atoms with Crippen LogP contribution in [0.4, 0.5) is 13.2 Å². The molecule has 124 valence electrons. The second-order valence-electron chi connectivity index (χ2n) is 5.49. The van der Waals surface area contributed by atoms with Crippen LogP contribution in [-0.4, -0.2) is 31.2 Å². The van der Waals surface area contributed by atoms with Crippen LogP contribution >= 0.6 is 0 Å². The quantitative estimate of drug-likeness (QED) is 0.874. The van der Waals surface area contributed by atoms with Crippen molar-refractivity contribution < 1.29 is 18.0 Å². The molecule has 1 aromatic carbocycles. The van der Waals surface area contributed by atoms with Crippen molar-refractivity contribution in [3.05, 3.63) is 53.6 Å². The molecule has 2 atom stereocenters. The van der Waals surface area contributed by atoms with E-state index >= 15 is 0 Å². The average Bonchev–Trinajstić information content (AvgIpc) is 2.54. The van der Waals surface area contributed by atoms with Crippen molar-refractivity contribution in [2.45, 2.75) is 25.6 Å². The number of rotatable bonds is 5. The van der Waals surface area contributed by atoms with Crippen LogP contribution in [0.3, 0.4) is 0 Å². The fourth-order valence-corrected chi connectivity index (χ4v) is 2.42. The van der Waals surface area contributed by atoms with E-state index in [-0.39, 0.29) is 5.56 Å². The van der Waals surface area contributed by atoms with Gasteiger partial charge in [-0.1, -0.05) is 18.7 Å². The standard InChI is InChI=1S/C17H19F3N2O/c1-10(18)16(20)11(2)22-17(23)13-3-4-14(15(19)9-13)12-5-7-21-8-6-12/h3-5,9,11,16,21H,1,6-8H2,2H3,(H,22,23). The molecule has 1 heterocycles. The monoisotopic (exact) mass is 324 g/mol. The lowest BCUT2D eigenvalue weighted by atomic mass is 9.98. The number of hydrogen-bond acceptors (Lipinski definition) is 2. The molecule has 0 saturated heterocycles. The highest BCUT2D eigenvalue weighted by Gasteiger charge is 2.22. The summed E-state index contributed by atoms with van der Waals surface area (Å²) in [6, 6.07) is 3.03. The first kappa shape index (κ1) is 17.3. The predicted molar refractivity (Wildman–Crippen MR) is 83.9 cm³/mol. The zero-order chi connectivity index (χ0) is 17.0. The highest BCUT2D eigenvalue weighted by Crippen LogP contribution is 2.23. The van der Waals surface area contributed by atoms with Crippen LogP contribution in [0.5, 0.6) is 0 Å². The zero-order valence-corrected chi connectivity index (χ0v) is 12.8. The molecule has 0 radical (unpaired) electrons. The minimum absolute atomic E-state index is 0.0595. The number of hydrogen-bond donors (Lipinski definition) is 2. The number of nitrogens with one attached hydrogen (secondary N) is 2. The van der Waals surface area contributed by atoms with Crippen LogP contribution in [0, 0.1) is 5.82 Å². The van der Waals surface area contributed by atoms with Crippen molar-refractivity contribution in [3.8, 4) is 0 Å². The van der Waals surface area contributed by atoms with Crippen molar-refractivity contribution in [1.82, 2.24) is 10.6 Å². The van der Waals surface area contributed by atoms with Crippen LogP contribution < -0.4 is 10.6 Å². The van der Waals surface area contributed by atoms with Gasteiger partial charge in [-0.05, 0) is 37.6 Å². The van der Waals surface area contributed by atoms with Gasteiger partial charge in [0.2, 0.25) is 0 Å². The van der Waals surface area contributed by atoms with Crippen LogP contribution in [-0.2, 0) is 0 Å². The predicted octanol–water partition coefficient (Wildman–Crippen LogP) is 3.14. The first-order valence-electron chi connectivity index (χ1n) is 7.39. The molecule has 0 spiro atoms. The Balaban J connectivity index is 2.12. The van der Waals surface area contributed by atoms with Gasteiger partial charge in [-0.3, -0.25) is 4.79 Å². The van der Waals surface area contributed by atoms with E-state index < -0.39 is 29.8 Å². The van der Waals surface area contributed by atoms with E-state index in [1.165, 1.54) is 19.1 Å². The third kappa shape index (κ3) is 4.22. The molecule has 1 aromatic rings. The molecule has 6 heteroatoms. The summed E-state index contributed by atoms with van der Waals surface area (Å²) < 4.78 is 40.4. The molecule has 1 amide bonds. The van der Waals surface area contributed by atoms with Gasteiger partial charge < -0.3 is 10.6 Å². The van der Waals surface area contributed by atoms with Gasteiger partial charge in [0.25, 0.3) is 5.91 Å². The molecule has 0 aliphatic carbocycles. The second-order valence-corrected chi connectivity index (χ2v) is 5.49. The maximum Gasteiger partial charge on any atom is 0.251 e. The van der Waals surface area contributed by atoms with E-state index in [2.05, 4.69) is 17.2 Å². The third-order valence-corrected chi connectivity index (χ3v) is 3.74. The van der Waals surface area contributed by atoms with E-state index in [1.54, 1.807) is 0 Å². The minimum atomic E-state index is -2.00. The zero-order valence-electron chi connectivity index (χ0n) is 12.8. The van der Waals surface area contributed by atoms with E-state index in [9.17, 15) is 18.0 Å². The van der Waals surface area contributed by atoms with E-state index in [4.69, 9.17) is 0 Å². The van der Waals surface area contributed by atoms with Crippen molar-refractivity contribution in [1.29, 1.82) is 0 Å². The lowest BCUT2D eigenvalue weighted by Crippen LogP contribution is -2.39. The number of halogens is 3. The topological polar surface area (TPSA) is 41.1 Å². The van der Waals surface area contributed by atoms with E-state index in [0.29, 0.717) is 18.5 Å². The lowest BCUT2D eigenvalue weighted by Gasteiger charge is -2.18. The summed E-state index contributed by atoms with van der Waals surface area (Å²) >= 11 is 0. The Bertz CT molecular complexity index is 643. The van der Waals surface area contributed by atoms with Crippen molar-refractivity contribution in [2.24, 2.45) is 0 Å². The Morgan fingerprint density at radius 1 is 1.43 bits per heavy atom. The maximum atomic E-state index is 14.2. The minimum Gasteiger partial charge on any atom is -0.346 e.